The first kappa shape index (κ1) is 18.4. The average molecular weight is 408 g/mol. The molecule has 1 aromatic heterocycles. The number of fused-ring (bicyclic) bond motifs is 5. The third-order valence-corrected chi connectivity index (χ3v) is 5.38. The molecule has 1 atom stereocenters. The first-order valence-electron chi connectivity index (χ1n) is 9.50. The number of benzene rings is 2. The maximum Gasteiger partial charge on any atom is 0.235 e. The van der Waals surface area contributed by atoms with Crippen molar-refractivity contribution in [3.8, 4) is 34.5 Å². The summed E-state index contributed by atoms with van der Waals surface area (Å²) in [4.78, 5) is 13.3. The van der Waals surface area contributed by atoms with Crippen molar-refractivity contribution < 1.29 is 28.1 Å². The molecule has 7 heteroatoms. The van der Waals surface area contributed by atoms with Crippen molar-refractivity contribution in [1.29, 1.82) is 0 Å². The van der Waals surface area contributed by atoms with Gasteiger partial charge in [0.2, 0.25) is 11.2 Å². The van der Waals surface area contributed by atoms with Crippen LogP contribution >= 0.6 is 0 Å². The zero-order valence-corrected chi connectivity index (χ0v) is 16.9. The molecule has 0 aliphatic carbocycles. The largest absolute Gasteiger partial charge is 0.493 e. The van der Waals surface area contributed by atoms with Gasteiger partial charge in [-0.25, -0.2) is 0 Å². The van der Waals surface area contributed by atoms with Crippen LogP contribution in [0.2, 0.25) is 0 Å². The van der Waals surface area contributed by atoms with Crippen molar-refractivity contribution in [1.82, 2.24) is 0 Å². The van der Waals surface area contributed by atoms with Crippen LogP contribution in [0.25, 0.3) is 11.0 Å². The number of methoxy groups -OCH3 is 2. The summed E-state index contributed by atoms with van der Waals surface area (Å²) in [6, 6.07) is 6.78. The molecular weight excluding hydrogens is 388 g/mol. The van der Waals surface area contributed by atoms with Gasteiger partial charge in [-0.2, -0.15) is 0 Å². The highest BCUT2D eigenvalue weighted by molar-refractivity contribution is 5.84. The van der Waals surface area contributed by atoms with Gasteiger partial charge in [-0.15, -0.1) is 0 Å². The molecule has 0 N–H and O–H groups in total. The quantitative estimate of drug-likeness (QED) is 0.596. The van der Waals surface area contributed by atoms with Crippen LogP contribution in [0.5, 0.6) is 34.5 Å². The summed E-state index contributed by atoms with van der Waals surface area (Å²) in [5, 5.41) is 0.433. The average Bonchev–Trinajstić information content (AvgIpc) is 3.11. The second-order valence-electron chi connectivity index (χ2n) is 7.30. The minimum atomic E-state index is -0.265. The van der Waals surface area contributed by atoms with Gasteiger partial charge in [-0.05, 0) is 24.6 Å². The summed E-state index contributed by atoms with van der Waals surface area (Å²) >= 11 is 0. The summed E-state index contributed by atoms with van der Waals surface area (Å²) in [6.45, 7) is 5.93. The fraction of sp³-hybridized carbons (Fsp3) is 0.261. The van der Waals surface area contributed by atoms with Crippen LogP contribution in [-0.4, -0.2) is 20.3 Å². The van der Waals surface area contributed by atoms with E-state index in [1.54, 1.807) is 24.3 Å². The Balaban J connectivity index is 1.65. The van der Waals surface area contributed by atoms with E-state index in [-0.39, 0.29) is 23.9 Å². The molecule has 5 rings (SSSR count). The predicted molar refractivity (Wildman–Crippen MR) is 109 cm³/mol. The van der Waals surface area contributed by atoms with Gasteiger partial charge in [-0.1, -0.05) is 6.58 Å². The Kier molecular flexibility index (Phi) is 4.13. The molecule has 30 heavy (non-hydrogen) atoms. The fourth-order valence-electron chi connectivity index (χ4n) is 3.77. The standard InChI is InChI=1S/C23H20O7/c1-11(2)15-7-13-14(28-15)6-5-12-21(24)23-20(30-22(12)13)10-27-18-8-16(25-3)17(26-4)9-19(18)29-23/h5-6,8-9,15H,1,7,10H2,2-4H3. The first-order valence-corrected chi connectivity index (χ1v) is 9.50. The molecule has 0 amide bonds. The molecule has 7 nitrogen and oxygen atoms in total. The van der Waals surface area contributed by atoms with Crippen molar-refractivity contribution >= 4 is 11.0 Å². The number of hydrogen-bond donors (Lipinski definition) is 0. The molecular formula is C23H20O7. The monoisotopic (exact) mass is 408 g/mol. The van der Waals surface area contributed by atoms with Gasteiger partial charge in [0, 0.05) is 24.1 Å². The Hall–Kier alpha value is -3.61. The normalized spacial score (nSPS) is 16.3. The second kappa shape index (κ2) is 6.73. The zero-order chi connectivity index (χ0) is 21.0. The molecule has 0 bridgehead atoms. The van der Waals surface area contributed by atoms with Crippen molar-refractivity contribution in [2.24, 2.45) is 0 Å². The van der Waals surface area contributed by atoms with Crippen LogP contribution in [0.15, 0.2) is 45.6 Å². The van der Waals surface area contributed by atoms with Gasteiger partial charge in [0.25, 0.3) is 0 Å². The maximum absolute atomic E-state index is 13.3. The Bertz CT molecular complexity index is 1250. The van der Waals surface area contributed by atoms with E-state index < -0.39 is 0 Å². The SMILES string of the molecule is C=C(C)C1Cc2c(ccc3c(=O)c4c(oc23)COc2cc(OC)c(OC)cc2O4)O1. The van der Waals surface area contributed by atoms with Gasteiger partial charge in [-0.3, -0.25) is 4.79 Å². The van der Waals surface area contributed by atoms with Gasteiger partial charge in [0.05, 0.1) is 19.6 Å². The molecule has 0 fully saturated rings. The Morgan fingerprint density at radius 2 is 1.83 bits per heavy atom. The molecule has 3 aromatic rings. The van der Waals surface area contributed by atoms with Crippen molar-refractivity contribution in [2.75, 3.05) is 14.2 Å². The summed E-state index contributed by atoms with van der Waals surface area (Å²) in [6.07, 6.45) is 0.464. The summed E-state index contributed by atoms with van der Waals surface area (Å²) in [5.41, 5.74) is 2.00. The minimum absolute atomic E-state index is 0.0391. The Morgan fingerprint density at radius 1 is 1.10 bits per heavy atom. The molecule has 0 saturated heterocycles. The number of rotatable bonds is 3. The first-order chi connectivity index (χ1) is 14.5. The highest BCUT2D eigenvalue weighted by Gasteiger charge is 2.30. The zero-order valence-electron chi connectivity index (χ0n) is 16.9. The van der Waals surface area contributed by atoms with Crippen LogP contribution in [-0.2, 0) is 13.0 Å². The molecule has 2 aliphatic heterocycles. The van der Waals surface area contributed by atoms with Crippen LogP contribution in [0.1, 0.15) is 18.2 Å². The Morgan fingerprint density at radius 3 is 2.53 bits per heavy atom. The van der Waals surface area contributed by atoms with E-state index in [0.29, 0.717) is 51.9 Å². The van der Waals surface area contributed by atoms with Crippen LogP contribution in [0, 0.1) is 0 Å². The minimum Gasteiger partial charge on any atom is -0.493 e. The lowest BCUT2D eigenvalue weighted by Crippen LogP contribution is -2.13. The van der Waals surface area contributed by atoms with E-state index in [1.165, 1.54) is 14.2 Å². The molecule has 0 radical (unpaired) electrons. The van der Waals surface area contributed by atoms with Crippen molar-refractivity contribution in [3.05, 3.63) is 58.0 Å². The number of hydrogen-bond acceptors (Lipinski definition) is 7. The van der Waals surface area contributed by atoms with E-state index in [0.717, 1.165) is 11.1 Å². The third kappa shape index (κ3) is 2.69. The fourth-order valence-corrected chi connectivity index (χ4v) is 3.77. The van der Waals surface area contributed by atoms with E-state index >= 15 is 0 Å². The number of ether oxygens (including phenoxy) is 5. The van der Waals surface area contributed by atoms with Crippen LogP contribution < -0.4 is 29.1 Å². The molecule has 2 aromatic carbocycles. The van der Waals surface area contributed by atoms with Gasteiger partial charge >= 0.3 is 0 Å². The molecule has 0 saturated carbocycles. The Labute approximate surface area is 172 Å². The lowest BCUT2D eigenvalue weighted by molar-refractivity contribution is 0.271. The van der Waals surface area contributed by atoms with Gasteiger partial charge in [0.15, 0.2) is 35.4 Å². The van der Waals surface area contributed by atoms with Crippen molar-refractivity contribution in [2.45, 2.75) is 26.1 Å². The van der Waals surface area contributed by atoms with E-state index in [9.17, 15) is 4.79 Å². The highest BCUT2D eigenvalue weighted by Crippen LogP contribution is 2.45. The van der Waals surface area contributed by atoms with Crippen LogP contribution in [0.4, 0.5) is 0 Å². The van der Waals surface area contributed by atoms with E-state index in [4.69, 9.17) is 28.1 Å². The molecule has 3 heterocycles. The topological polar surface area (TPSA) is 76.4 Å². The molecule has 1 unspecified atom stereocenters. The predicted octanol–water partition coefficient (Wildman–Crippen LogP) is 4.37. The lowest BCUT2D eigenvalue weighted by atomic mass is 10.0. The lowest BCUT2D eigenvalue weighted by Gasteiger charge is -2.12. The third-order valence-electron chi connectivity index (χ3n) is 5.38. The molecule has 154 valence electrons. The molecule has 0 spiro atoms. The molecule has 2 aliphatic rings. The maximum atomic E-state index is 13.3. The summed E-state index contributed by atoms with van der Waals surface area (Å²) in [7, 11) is 3.06. The van der Waals surface area contributed by atoms with E-state index in [2.05, 4.69) is 6.58 Å². The van der Waals surface area contributed by atoms with E-state index in [1.807, 2.05) is 6.92 Å². The van der Waals surface area contributed by atoms with Crippen molar-refractivity contribution in [3.63, 3.8) is 0 Å². The smallest absolute Gasteiger partial charge is 0.235 e. The highest BCUT2D eigenvalue weighted by atomic mass is 16.6. The van der Waals surface area contributed by atoms with Gasteiger partial charge in [0.1, 0.15) is 17.4 Å². The second-order valence-corrected chi connectivity index (χ2v) is 7.30. The van der Waals surface area contributed by atoms with Crippen LogP contribution in [0.3, 0.4) is 0 Å². The van der Waals surface area contributed by atoms with Gasteiger partial charge < -0.3 is 28.1 Å². The summed E-state index contributed by atoms with van der Waals surface area (Å²) < 4.78 is 34.5. The summed E-state index contributed by atoms with van der Waals surface area (Å²) in [5.74, 6) is 2.86.